The Kier molecular flexibility index (Phi) is 7.70. The molecule has 5 nitrogen and oxygen atoms in total. The van der Waals surface area contributed by atoms with Gasteiger partial charge in [-0.2, -0.15) is 0 Å². The molecular formula is C26H25BrO5. The van der Waals surface area contributed by atoms with Crippen LogP contribution in [0.5, 0.6) is 11.5 Å². The van der Waals surface area contributed by atoms with Crippen LogP contribution in [-0.4, -0.2) is 18.5 Å². The van der Waals surface area contributed by atoms with Crippen LogP contribution in [0.2, 0.25) is 0 Å². The number of esters is 2. The predicted octanol–water partition coefficient (Wildman–Crippen LogP) is 6.09. The fourth-order valence-electron chi connectivity index (χ4n) is 2.98. The Morgan fingerprint density at radius 2 is 1.59 bits per heavy atom. The second-order valence-electron chi connectivity index (χ2n) is 8.24. The maximum absolute atomic E-state index is 12.2. The predicted molar refractivity (Wildman–Crippen MR) is 126 cm³/mol. The van der Waals surface area contributed by atoms with Crippen LogP contribution in [0.3, 0.4) is 0 Å². The minimum Gasteiger partial charge on any atom is -0.482 e. The van der Waals surface area contributed by atoms with Crippen molar-refractivity contribution in [1.82, 2.24) is 0 Å². The van der Waals surface area contributed by atoms with E-state index in [-0.39, 0.29) is 18.6 Å². The molecule has 0 aliphatic rings. The Hall–Kier alpha value is -3.12. The van der Waals surface area contributed by atoms with Crippen LogP contribution in [-0.2, 0) is 21.6 Å². The van der Waals surface area contributed by atoms with Crippen molar-refractivity contribution in [1.29, 1.82) is 0 Å². The molecule has 32 heavy (non-hydrogen) atoms. The van der Waals surface area contributed by atoms with E-state index >= 15 is 0 Å². The first-order valence-corrected chi connectivity index (χ1v) is 11.0. The second-order valence-corrected chi connectivity index (χ2v) is 9.16. The first-order chi connectivity index (χ1) is 15.2. The number of halogens is 1. The molecule has 0 fully saturated rings. The molecule has 0 aliphatic heterocycles. The van der Waals surface area contributed by atoms with E-state index in [1.54, 1.807) is 24.3 Å². The number of carbonyl (C=O) groups is 2. The van der Waals surface area contributed by atoms with E-state index in [1.165, 1.54) is 0 Å². The third-order valence-electron chi connectivity index (χ3n) is 4.63. The molecule has 0 atom stereocenters. The minimum absolute atomic E-state index is 0.145. The first-order valence-electron chi connectivity index (χ1n) is 10.2. The Morgan fingerprint density at radius 3 is 2.25 bits per heavy atom. The van der Waals surface area contributed by atoms with Crippen molar-refractivity contribution in [2.24, 2.45) is 0 Å². The highest BCUT2D eigenvalue weighted by Gasteiger charge is 2.20. The average molecular weight is 497 g/mol. The molecule has 0 saturated carbocycles. The van der Waals surface area contributed by atoms with Crippen LogP contribution < -0.4 is 9.47 Å². The van der Waals surface area contributed by atoms with Gasteiger partial charge < -0.3 is 14.2 Å². The molecule has 0 radical (unpaired) electrons. The van der Waals surface area contributed by atoms with Gasteiger partial charge in [0.15, 0.2) is 6.61 Å². The van der Waals surface area contributed by atoms with Gasteiger partial charge in [-0.05, 0) is 53.4 Å². The largest absolute Gasteiger partial charge is 0.482 e. The third kappa shape index (κ3) is 6.69. The number of hydrogen-bond acceptors (Lipinski definition) is 5. The molecule has 166 valence electrons. The minimum atomic E-state index is -0.535. The number of hydrogen-bond donors (Lipinski definition) is 0. The molecule has 0 heterocycles. The standard InChI is InChI=1S/C26H25BrO5/c1-26(2,3)22-15-20(27)11-14-23(22)30-17-24(28)32-21-12-9-19(10-13-21)25(29)31-16-18-7-5-4-6-8-18/h4-15H,16-17H2,1-3H3. The van der Waals surface area contributed by atoms with Gasteiger partial charge >= 0.3 is 11.9 Å². The van der Waals surface area contributed by atoms with Gasteiger partial charge in [-0.15, -0.1) is 0 Å². The van der Waals surface area contributed by atoms with Crippen LogP contribution in [0.1, 0.15) is 42.3 Å². The lowest BCUT2D eigenvalue weighted by atomic mass is 9.86. The SMILES string of the molecule is CC(C)(C)c1cc(Br)ccc1OCC(=O)Oc1ccc(C(=O)OCc2ccccc2)cc1. The van der Waals surface area contributed by atoms with Crippen molar-refractivity contribution in [3.05, 3.63) is 94.0 Å². The van der Waals surface area contributed by atoms with E-state index in [9.17, 15) is 9.59 Å². The van der Waals surface area contributed by atoms with E-state index in [2.05, 4.69) is 36.7 Å². The van der Waals surface area contributed by atoms with E-state index in [4.69, 9.17) is 14.2 Å². The van der Waals surface area contributed by atoms with E-state index in [0.717, 1.165) is 15.6 Å². The Morgan fingerprint density at radius 1 is 0.906 bits per heavy atom. The number of rotatable bonds is 7. The normalized spacial score (nSPS) is 11.0. The lowest BCUT2D eigenvalue weighted by Gasteiger charge is -2.23. The van der Waals surface area contributed by atoms with Gasteiger partial charge in [-0.3, -0.25) is 0 Å². The van der Waals surface area contributed by atoms with Crippen molar-refractivity contribution >= 4 is 27.9 Å². The maximum atomic E-state index is 12.2. The molecule has 3 aromatic carbocycles. The van der Waals surface area contributed by atoms with E-state index in [1.807, 2.05) is 48.5 Å². The monoisotopic (exact) mass is 496 g/mol. The summed E-state index contributed by atoms with van der Waals surface area (Å²) in [5, 5.41) is 0. The van der Waals surface area contributed by atoms with Crippen molar-refractivity contribution in [3.63, 3.8) is 0 Å². The molecule has 0 saturated heterocycles. The highest BCUT2D eigenvalue weighted by Crippen LogP contribution is 2.33. The number of ether oxygens (including phenoxy) is 3. The van der Waals surface area contributed by atoms with Crippen LogP contribution in [0, 0.1) is 0 Å². The number of carbonyl (C=O) groups excluding carboxylic acids is 2. The highest BCUT2D eigenvalue weighted by molar-refractivity contribution is 9.10. The smallest absolute Gasteiger partial charge is 0.349 e. The molecule has 0 unspecified atom stereocenters. The summed E-state index contributed by atoms with van der Waals surface area (Å²) < 4.78 is 17.3. The Balaban J connectivity index is 1.53. The Labute approximate surface area is 196 Å². The quantitative estimate of drug-likeness (QED) is 0.292. The van der Waals surface area contributed by atoms with E-state index < -0.39 is 11.9 Å². The van der Waals surface area contributed by atoms with Crippen LogP contribution >= 0.6 is 15.9 Å². The van der Waals surface area contributed by atoms with Gasteiger partial charge in [-0.25, -0.2) is 9.59 Å². The van der Waals surface area contributed by atoms with Crippen molar-refractivity contribution < 1.29 is 23.8 Å². The summed E-state index contributed by atoms with van der Waals surface area (Å²) >= 11 is 3.47. The zero-order valence-electron chi connectivity index (χ0n) is 18.3. The number of benzene rings is 3. The van der Waals surface area contributed by atoms with Gasteiger partial charge in [-0.1, -0.05) is 67.0 Å². The second kappa shape index (κ2) is 10.5. The fourth-order valence-corrected chi connectivity index (χ4v) is 3.34. The van der Waals surface area contributed by atoms with E-state index in [0.29, 0.717) is 17.1 Å². The molecule has 6 heteroatoms. The summed E-state index contributed by atoms with van der Waals surface area (Å²) in [6, 6.07) is 21.3. The van der Waals surface area contributed by atoms with Crippen LogP contribution in [0.15, 0.2) is 77.3 Å². The highest BCUT2D eigenvalue weighted by atomic mass is 79.9. The summed E-state index contributed by atoms with van der Waals surface area (Å²) in [5.41, 5.74) is 2.13. The molecule has 3 aromatic rings. The van der Waals surface area contributed by atoms with Crippen LogP contribution in [0.4, 0.5) is 0 Å². The van der Waals surface area contributed by atoms with Gasteiger partial charge in [0.2, 0.25) is 0 Å². The molecule has 3 rings (SSSR count). The molecule has 0 spiro atoms. The zero-order valence-corrected chi connectivity index (χ0v) is 19.8. The van der Waals surface area contributed by atoms with Gasteiger partial charge in [0, 0.05) is 10.0 Å². The van der Waals surface area contributed by atoms with Crippen molar-refractivity contribution in [2.45, 2.75) is 32.8 Å². The van der Waals surface area contributed by atoms with Gasteiger partial charge in [0.05, 0.1) is 5.56 Å². The van der Waals surface area contributed by atoms with Crippen molar-refractivity contribution in [2.75, 3.05) is 6.61 Å². The lowest BCUT2D eigenvalue weighted by molar-refractivity contribution is -0.136. The summed E-state index contributed by atoms with van der Waals surface area (Å²) in [6.45, 7) is 6.19. The summed E-state index contributed by atoms with van der Waals surface area (Å²) in [7, 11) is 0. The molecule has 0 N–H and O–H groups in total. The molecule has 0 aromatic heterocycles. The summed E-state index contributed by atoms with van der Waals surface area (Å²) in [4.78, 5) is 24.4. The van der Waals surface area contributed by atoms with Gasteiger partial charge in [0.1, 0.15) is 18.1 Å². The summed E-state index contributed by atoms with van der Waals surface area (Å²) in [6.07, 6.45) is 0. The zero-order chi connectivity index (χ0) is 23.1. The molecular weight excluding hydrogens is 472 g/mol. The van der Waals surface area contributed by atoms with Gasteiger partial charge in [0.25, 0.3) is 0 Å². The Bertz CT molecular complexity index is 1070. The van der Waals surface area contributed by atoms with Crippen LogP contribution in [0.25, 0.3) is 0 Å². The topological polar surface area (TPSA) is 61.8 Å². The molecule has 0 aliphatic carbocycles. The maximum Gasteiger partial charge on any atom is 0.349 e. The average Bonchev–Trinajstić information content (AvgIpc) is 2.77. The lowest BCUT2D eigenvalue weighted by Crippen LogP contribution is -2.20. The fraction of sp³-hybridized carbons (Fsp3) is 0.231. The third-order valence-corrected chi connectivity index (χ3v) is 5.12. The molecule has 0 bridgehead atoms. The molecule has 0 amide bonds. The van der Waals surface area contributed by atoms with Crippen molar-refractivity contribution in [3.8, 4) is 11.5 Å². The first kappa shape index (κ1) is 23.5. The summed E-state index contributed by atoms with van der Waals surface area (Å²) in [5.74, 6) is -0.0218.